The maximum Gasteiger partial charge on any atom is 0.161 e. The molecule has 3 aromatic rings. The van der Waals surface area contributed by atoms with Crippen molar-refractivity contribution in [1.82, 2.24) is 19.7 Å². The third kappa shape index (κ3) is 4.31. The first-order valence-corrected chi connectivity index (χ1v) is 9.17. The van der Waals surface area contributed by atoms with Crippen molar-refractivity contribution in [2.24, 2.45) is 0 Å². The number of nitrogens with zero attached hydrogens (tertiary/aromatic N) is 4. The molecule has 1 N–H and O–H groups in total. The second kappa shape index (κ2) is 8.39. The third-order valence-electron chi connectivity index (χ3n) is 4.45. The van der Waals surface area contributed by atoms with Crippen LogP contribution in [0.5, 0.6) is 11.5 Å². The second-order valence-electron chi connectivity index (χ2n) is 6.89. The molecule has 7 heteroatoms. The number of hydrogen-bond donors (Lipinski definition) is 1. The Hall–Kier alpha value is -2.93. The van der Waals surface area contributed by atoms with Gasteiger partial charge in [0.25, 0.3) is 0 Å². The van der Waals surface area contributed by atoms with Crippen molar-refractivity contribution in [2.45, 2.75) is 39.8 Å². The molecule has 0 amide bonds. The lowest BCUT2D eigenvalue weighted by Crippen LogP contribution is -2.14. The quantitative estimate of drug-likeness (QED) is 0.677. The maximum atomic E-state index is 9.88. The molecule has 0 radical (unpaired) electrons. The standard InChI is InChI=1S/C21H26N4O3/c1-13-8-14(2)22-11-17(13)21-23-20(24-25(21)12-15(3)26)10-16-6-7-18(27-4)19(9-16)28-5/h6-9,11,15,26H,10,12H2,1-5H3. The molecule has 0 saturated carbocycles. The van der Waals surface area contributed by atoms with Crippen LogP contribution < -0.4 is 9.47 Å². The molecule has 3 rings (SSSR count). The molecule has 0 saturated heterocycles. The van der Waals surface area contributed by atoms with Crippen LogP contribution in [0, 0.1) is 13.8 Å². The highest BCUT2D eigenvalue weighted by atomic mass is 16.5. The van der Waals surface area contributed by atoms with E-state index in [2.05, 4.69) is 10.1 Å². The molecule has 28 heavy (non-hydrogen) atoms. The van der Waals surface area contributed by atoms with Gasteiger partial charge in [-0.3, -0.25) is 4.98 Å². The van der Waals surface area contributed by atoms with E-state index in [4.69, 9.17) is 14.5 Å². The van der Waals surface area contributed by atoms with Crippen molar-refractivity contribution >= 4 is 0 Å². The summed E-state index contributed by atoms with van der Waals surface area (Å²) in [5.74, 6) is 2.73. The number of methoxy groups -OCH3 is 2. The summed E-state index contributed by atoms with van der Waals surface area (Å²) in [6.07, 6.45) is 1.82. The van der Waals surface area contributed by atoms with Crippen LogP contribution in [0.1, 0.15) is 29.6 Å². The van der Waals surface area contributed by atoms with Gasteiger partial charge in [-0.15, -0.1) is 0 Å². The van der Waals surface area contributed by atoms with Crippen LogP contribution in [0.2, 0.25) is 0 Å². The van der Waals surface area contributed by atoms with Crippen LogP contribution >= 0.6 is 0 Å². The highest BCUT2D eigenvalue weighted by Crippen LogP contribution is 2.29. The number of aryl methyl sites for hydroxylation is 2. The molecule has 0 fully saturated rings. The Morgan fingerprint density at radius 3 is 2.50 bits per heavy atom. The van der Waals surface area contributed by atoms with Gasteiger partial charge < -0.3 is 14.6 Å². The Morgan fingerprint density at radius 2 is 1.86 bits per heavy atom. The molecular formula is C21H26N4O3. The Balaban J connectivity index is 1.97. The number of pyridine rings is 1. The largest absolute Gasteiger partial charge is 0.493 e. The van der Waals surface area contributed by atoms with E-state index in [9.17, 15) is 5.11 Å². The van der Waals surface area contributed by atoms with Crippen LogP contribution in [0.25, 0.3) is 11.4 Å². The Labute approximate surface area is 165 Å². The van der Waals surface area contributed by atoms with Crippen LogP contribution in [-0.2, 0) is 13.0 Å². The summed E-state index contributed by atoms with van der Waals surface area (Å²) in [5, 5.41) is 14.5. The minimum absolute atomic E-state index is 0.363. The Morgan fingerprint density at radius 1 is 1.11 bits per heavy atom. The normalized spacial score (nSPS) is 12.1. The summed E-state index contributed by atoms with van der Waals surface area (Å²) >= 11 is 0. The summed E-state index contributed by atoms with van der Waals surface area (Å²) in [6, 6.07) is 7.78. The number of aliphatic hydroxyl groups excluding tert-OH is 1. The number of ether oxygens (including phenoxy) is 2. The molecule has 1 aromatic carbocycles. The predicted molar refractivity (Wildman–Crippen MR) is 107 cm³/mol. The van der Waals surface area contributed by atoms with E-state index in [1.54, 1.807) is 25.8 Å². The van der Waals surface area contributed by atoms with Crippen molar-refractivity contribution in [3.63, 3.8) is 0 Å². The monoisotopic (exact) mass is 382 g/mol. The molecule has 7 nitrogen and oxygen atoms in total. The first-order chi connectivity index (χ1) is 13.4. The molecule has 0 spiro atoms. The van der Waals surface area contributed by atoms with E-state index in [1.807, 2.05) is 44.3 Å². The van der Waals surface area contributed by atoms with E-state index in [-0.39, 0.29) is 0 Å². The van der Waals surface area contributed by atoms with E-state index in [1.165, 1.54) is 0 Å². The van der Waals surface area contributed by atoms with Crippen LogP contribution in [0.15, 0.2) is 30.5 Å². The second-order valence-corrected chi connectivity index (χ2v) is 6.89. The van der Waals surface area contributed by atoms with Gasteiger partial charge in [0.15, 0.2) is 23.1 Å². The summed E-state index contributed by atoms with van der Waals surface area (Å²) in [5.41, 5.74) is 3.95. The SMILES string of the molecule is COc1ccc(Cc2nc(-c3cnc(C)cc3C)n(CC(C)O)n2)cc1OC. The first-order valence-electron chi connectivity index (χ1n) is 9.17. The Kier molecular flexibility index (Phi) is 5.94. The molecule has 148 valence electrons. The number of benzene rings is 1. The van der Waals surface area contributed by atoms with Gasteiger partial charge in [0, 0.05) is 23.9 Å². The fourth-order valence-electron chi connectivity index (χ4n) is 3.14. The topological polar surface area (TPSA) is 82.3 Å². The molecule has 1 unspecified atom stereocenters. The van der Waals surface area contributed by atoms with E-state index >= 15 is 0 Å². The zero-order chi connectivity index (χ0) is 20.3. The van der Waals surface area contributed by atoms with Crippen LogP contribution in [0.3, 0.4) is 0 Å². The van der Waals surface area contributed by atoms with Gasteiger partial charge in [0.1, 0.15) is 0 Å². The lowest BCUT2D eigenvalue weighted by atomic mass is 10.1. The van der Waals surface area contributed by atoms with Crippen molar-refractivity contribution in [3.05, 3.63) is 53.1 Å². The Bertz CT molecular complexity index is 966. The molecule has 0 bridgehead atoms. The highest BCUT2D eigenvalue weighted by molar-refractivity contribution is 5.59. The van der Waals surface area contributed by atoms with Crippen molar-refractivity contribution in [1.29, 1.82) is 0 Å². The summed E-state index contributed by atoms with van der Waals surface area (Å²) in [7, 11) is 3.23. The molecule has 0 aliphatic heterocycles. The van der Waals surface area contributed by atoms with Crippen molar-refractivity contribution in [2.75, 3.05) is 14.2 Å². The van der Waals surface area contributed by atoms with Crippen LogP contribution in [-0.4, -0.2) is 45.2 Å². The zero-order valence-electron chi connectivity index (χ0n) is 16.9. The molecule has 0 aliphatic rings. The maximum absolute atomic E-state index is 9.88. The lowest BCUT2D eigenvalue weighted by molar-refractivity contribution is 0.169. The van der Waals surface area contributed by atoms with Crippen LogP contribution in [0.4, 0.5) is 0 Å². The van der Waals surface area contributed by atoms with Gasteiger partial charge >= 0.3 is 0 Å². The van der Waals surface area contributed by atoms with Gasteiger partial charge in [-0.25, -0.2) is 9.67 Å². The average molecular weight is 382 g/mol. The lowest BCUT2D eigenvalue weighted by Gasteiger charge is -2.09. The number of hydrogen-bond acceptors (Lipinski definition) is 6. The van der Waals surface area contributed by atoms with Crippen molar-refractivity contribution in [3.8, 4) is 22.9 Å². The van der Waals surface area contributed by atoms with Gasteiger partial charge in [-0.1, -0.05) is 6.07 Å². The number of rotatable bonds is 7. The van der Waals surface area contributed by atoms with Gasteiger partial charge in [-0.05, 0) is 50.1 Å². The fourth-order valence-corrected chi connectivity index (χ4v) is 3.14. The summed E-state index contributed by atoms with van der Waals surface area (Å²) in [6.45, 7) is 6.08. The zero-order valence-corrected chi connectivity index (χ0v) is 16.9. The van der Waals surface area contributed by atoms with Gasteiger partial charge in [0.2, 0.25) is 0 Å². The number of aromatic nitrogens is 4. The van der Waals surface area contributed by atoms with E-state index in [0.717, 1.165) is 22.4 Å². The minimum atomic E-state index is -0.534. The molecule has 1 atom stereocenters. The fraction of sp³-hybridized carbons (Fsp3) is 0.381. The summed E-state index contributed by atoms with van der Waals surface area (Å²) < 4.78 is 12.4. The van der Waals surface area contributed by atoms with Gasteiger partial charge in [0.05, 0.1) is 26.9 Å². The number of aliphatic hydroxyl groups is 1. The molecule has 2 aromatic heterocycles. The van der Waals surface area contributed by atoms with Crippen molar-refractivity contribution < 1.29 is 14.6 Å². The van der Waals surface area contributed by atoms with E-state index < -0.39 is 6.10 Å². The minimum Gasteiger partial charge on any atom is -0.493 e. The summed E-state index contributed by atoms with van der Waals surface area (Å²) in [4.78, 5) is 9.14. The molecule has 0 aliphatic carbocycles. The molecule has 2 heterocycles. The predicted octanol–water partition coefficient (Wildman–Crippen LogP) is 2.95. The smallest absolute Gasteiger partial charge is 0.161 e. The highest BCUT2D eigenvalue weighted by Gasteiger charge is 2.17. The van der Waals surface area contributed by atoms with Gasteiger partial charge in [-0.2, -0.15) is 5.10 Å². The van der Waals surface area contributed by atoms with E-state index in [0.29, 0.717) is 36.1 Å². The first kappa shape index (κ1) is 19.8. The molecular weight excluding hydrogens is 356 g/mol. The average Bonchev–Trinajstić information content (AvgIpc) is 3.02. The third-order valence-corrected chi connectivity index (χ3v) is 4.45.